The first kappa shape index (κ1) is 28.3. The third kappa shape index (κ3) is 5.31. The van der Waals surface area contributed by atoms with Crippen molar-refractivity contribution in [2.45, 2.75) is 50.9 Å². The van der Waals surface area contributed by atoms with Gasteiger partial charge in [-0.05, 0) is 12.5 Å². The van der Waals surface area contributed by atoms with Crippen LogP contribution in [0.15, 0.2) is 53.5 Å². The molecule has 5 rings (SSSR count). The fourth-order valence-electron chi connectivity index (χ4n) is 5.29. The lowest BCUT2D eigenvalue weighted by atomic mass is 10.0. The Labute approximate surface area is 232 Å². The minimum atomic E-state index is -1.41. The lowest BCUT2D eigenvalue weighted by Crippen LogP contribution is -2.50. The van der Waals surface area contributed by atoms with Crippen molar-refractivity contribution in [3.8, 4) is 5.75 Å². The van der Waals surface area contributed by atoms with Crippen molar-refractivity contribution in [3.05, 3.63) is 98.7 Å². The third-order valence-electron chi connectivity index (χ3n) is 7.60. The van der Waals surface area contributed by atoms with Gasteiger partial charge in [-0.25, -0.2) is 17.6 Å². The predicted molar refractivity (Wildman–Crippen MR) is 139 cm³/mol. The highest BCUT2D eigenvalue weighted by Crippen LogP contribution is 2.37. The van der Waals surface area contributed by atoms with E-state index in [1.54, 1.807) is 37.3 Å². The van der Waals surface area contributed by atoms with Crippen molar-refractivity contribution >= 4 is 11.8 Å². The average molecular weight is 574 g/mol. The number of hydrogen-bond donors (Lipinski definition) is 1. The summed E-state index contributed by atoms with van der Waals surface area (Å²) in [5.74, 6) is -5.61. The van der Waals surface area contributed by atoms with Gasteiger partial charge in [-0.1, -0.05) is 30.3 Å². The van der Waals surface area contributed by atoms with Crippen molar-refractivity contribution in [2.75, 3.05) is 13.7 Å². The highest BCUT2D eigenvalue weighted by atomic mass is 19.1. The van der Waals surface area contributed by atoms with Crippen molar-refractivity contribution in [1.82, 2.24) is 14.8 Å². The Morgan fingerprint density at radius 1 is 1.10 bits per heavy atom. The van der Waals surface area contributed by atoms with Crippen molar-refractivity contribution in [2.24, 2.45) is 0 Å². The van der Waals surface area contributed by atoms with Gasteiger partial charge in [0.25, 0.3) is 11.8 Å². The highest BCUT2D eigenvalue weighted by molar-refractivity contribution is 5.99. The number of nitrogens with zero attached hydrogens (tertiary/aromatic N) is 2. The Bertz CT molecular complexity index is 1520. The number of carbonyl (C=O) groups is 2. The van der Waals surface area contributed by atoms with E-state index in [-0.39, 0.29) is 25.3 Å². The Kier molecular flexibility index (Phi) is 7.85. The number of ether oxygens (including phenoxy) is 2. The number of nitrogens with one attached hydrogen (secondary N) is 1. The molecule has 8 nitrogen and oxygen atoms in total. The maximum absolute atomic E-state index is 15.1. The zero-order valence-electron chi connectivity index (χ0n) is 22.2. The maximum atomic E-state index is 15.1. The summed E-state index contributed by atoms with van der Waals surface area (Å²) in [6.45, 7) is 0.828. The summed E-state index contributed by atoms with van der Waals surface area (Å²) in [6, 6.07) is 8.27. The van der Waals surface area contributed by atoms with E-state index in [0.29, 0.717) is 17.7 Å². The minimum Gasteiger partial charge on any atom is -0.483 e. The molecule has 3 aromatic rings. The fraction of sp³-hybridized carbons (Fsp3) is 0.345. The molecule has 0 unspecified atom stereocenters. The van der Waals surface area contributed by atoms with Gasteiger partial charge in [0.15, 0.2) is 11.4 Å². The molecule has 4 atom stereocenters. The molecule has 0 saturated carbocycles. The molecule has 0 radical (unpaired) electrons. The molecule has 3 heterocycles. The van der Waals surface area contributed by atoms with Crippen LogP contribution >= 0.6 is 0 Å². The molecule has 2 amide bonds. The van der Waals surface area contributed by atoms with Crippen LogP contribution in [0.25, 0.3) is 0 Å². The van der Waals surface area contributed by atoms with Crippen LogP contribution in [0.1, 0.15) is 51.4 Å². The summed E-state index contributed by atoms with van der Waals surface area (Å²) in [5, 5.41) is 2.29. The number of alkyl halides is 1. The summed E-state index contributed by atoms with van der Waals surface area (Å²) >= 11 is 0. The molecular formula is C29H27F4N3O5. The first-order valence-corrected chi connectivity index (χ1v) is 13.0. The number of amides is 2. The zero-order chi connectivity index (χ0) is 29.4. The van der Waals surface area contributed by atoms with E-state index in [4.69, 9.17) is 9.47 Å². The molecule has 2 aliphatic rings. The predicted octanol–water partition coefficient (Wildman–Crippen LogP) is 3.92. The summed E-state index contributed by atoms with van der Waals surface area (Å²) in [7, 11) is 1.41. The second kappa shape index (κ2) is 11.4. The number of hydrogen-bond acceptors (Lipinski definition) is 5. The average Bonchev–Trinajstić information content (AvgIpc) is 3.05. The zero-order valence-corrected chi connectivity index (χ0v) is 22.2. The molecule has 2 aromatic carbocycles. The van der Waals surface area contributed by atoms with Gasteiger partial charge in [-0.2, -0.15) is 0 Å². The van der Waals surface area contributed by atoms with Gasteiger partial charge in [0.1, 0.15) is 35.8 Å². The monoisotopic (exact) mass is 573 g/mol. The quantitative estimate of drug-likeness (QED) is 0.433. The number of benzene rings is 2. The van der Waals surface area contributed by atoms with Crippen molar-refractivity contribution in [1.29, 1.82) is 0 Å². The minimum absolute atomic E-state index is 0.0392. The number of carbonyl (C=O) groups excluding carboxylic acids is 2. The van der Waals surface area contributed by atoms with Crippen LogP contribution in [0.2, 0.25) is 0 Å². The fourth-order valence-corrected chi connectivity index (χ4v) is 5.29. The van der Waals surface area contributed by atoms with E-state index in [9.17, 15) is 27.6 Å². The van der Waals surface area contributed by atoms with E-state index in [1.807, 2.05) is 0 Å². The number of fused-ring (bicyclic) bond motifs is 4. The molecule has 1 saturated heterocycles. The Balaban J connectivity index is 1.59. The summed E-state index contributed by atoms with van der Waals surface area (Å²) in [4.78, 5) is 41.9. The van der Waals surface area contributed by atoms with E-state index >= 15 is 4.39 Å². The standard InChI is InChI=1S/C29H27F4N3O5/c1-15-20(31)10-24(40-2)23-13-35(15)29(39)25-27(41-14-16-6-4-3-5-7-16)26(37)19(12-36(23)25)28(38)34-11-18-21(32)8-17(30)9-22(18)33/h3-9,12,15,20,23-24H,10-11,13-14H2,1-2H3,(H,34,38)/t15-,20+,23+,24+/m0/s1. The van der Waals surface area contributed by atoms with Crippen LogP contribution in [-0.2, 0) is 17.9 Å². The highest BCUT2D eigenvalue weighted by Gasteiger charge is 2.46. The molecule has 12 heteroatoms. The molecule has 2 bridgehead atoms. The Morgan fingerprint density at radius 2 is 1.78 bits per heavy atom. The van der Waals surface area contributed by atoms with Gasteiger partial charge in [0.2, 0.25) is 5.43 Å². The smallest absolute Gasteiger partial charge is 0.274 e. The number of pyridine rings is 1. The Hall–Kier alpha value is -4.19. The molecule has 216 valence electrons. The topological polar surface area (TPSA) is 89.9 Å². The molecule has 0 spiro atoms. The lowest BCUT2D eigenvalue weighted by Gasteiger charge is -2.39. The molecular weight excluding hydrogens is 546 g/mol. The summed E-state index contributed by atoms with van der Waals surface area (Å²) < 4.78 is 69.6. The van der Waals surface area contributed by atoms with Gasteiger partial charge in [0, 0.05) is 50.5 Å². The Morgan fingerprint density at radius 3 is 2.44 bits per heavy atom. The van der Waals surface area contributed by atoms with E-state index in [2.05, 4.69) is 5.32 Å². The van der Waals surface area contributed by atoms with Crippen LogP contribution in [0.4, 0.5) is 17.6 Å². The van der Waals surface area contributed by atoms with Crippen LogP contribution in [0.3, 0.4) is 0 Å². The normalized spacial score (nSPS) is 21.7. The summed E-state index contributed by atoms with van der Waals surface area (Å²) in [5.41, 5.74) is -1.48. The van der Waals surface area contributed by atoms with Gasteiger partial charge < -0.3 is 24.3 Å². The molecule has 2 aliphatic heterocycles. The van der Waals surface area contributed by atoms with Gasteiger partial charge in [0.05, 0.1) is 18.2 Å². The third-order valence-corrected chi connectivity index (χ3v) is 7.60. The second-order valence-electron chi connectivity index (χ2n) is 10.1. The lowest BCUT2D eigenvalue weighted by molar-refractivity contribution is 0.0312. The first-order valence-electron chi connectivity index (χ1n) is 13.0. The van der Waals surface area contributed by atoms with Crippen LogP contribution in [0.5, 0.6) is 5.75 Å². The number of halogens is 4. The van der Waals surface area contributed by atoms with Gasteiger partial charge in [-0.3, -0.25) is 14.4 Å². The maximum Gasteiger partial charge on any atom is 0.274 e. The van der Waals surface area contributed by atoms with Crippen LogP contribution < -0.4 is 15.5 Å². The van der Waals surface area contributed by atoms with Crippen molar-refractivity contribution < 1.29 is 36.6 Å². The van der Waals surface area contributed by atoms with Gasteiger partial charge in [-0.15, -0.1) is 0 Å². The summed E-state index contributed by atoms with van der Waals surface area (Å²) in [6.07, 6.45) is -1.00. The van der Waals surface area contributed by atoms with Gasteiger partial charge >= 0.3 is 0 Å². The molecule has 0 aliphatic carbocycles. The number of rotatable bonds is 7. The van der Waals surface area contributed by atoms with E-state index in [0.717, 1.165) is 6.20 Å². The molecule has 41 heavy (non-hydrogen) atoms. The molecule has 1 N–H and O–H groups in total. The van der Waals surface area contributed by atoms with E-state index < -0.39 is 82.5 Å². The SMILES string of the molecule is CO[C@@H]1C[C@@H](F)[C@H](C)N2C[C@H]1n1cc(C(=O)NCc3c(F)cc(F)cc3F)c(=O)c(OCc3ccccc3)c1C2=O. The van der Waals surface area contributed by atoms with E-state index in [1.165, 1.54) is 16.6 Å². The van der Waals surface area contributed by atoms with Crippen molar-refractivity contribution in [3.63, 3.8) is 0 Å². The van der Waals surface area contributed by atoms with Crippen LogP contribution in [0, 0.1) is 17.5 Å². The largest absolute Gasteiger partial charge is 0.483 e. The number of methoxy groups -OCH3 is 1. The van der Waals surface area contributed by atoms with Crippen LogP contribution in [-0.4, -0.2) is 53.3 Å². The first-order chi connectivity index (χ1) is 19.6. The molecule has 1 aromatic heterocycles. The molecule has 1 fully saturated rings. The second-order valence-corrected chi connectivity index (χ2v) is 10.1. The number of aromatic nitrogens is 1.